The molecule has 0 radical (unpaired) electrons. The Labute approximate surface area is 225 Å². The molecule has 2 aromatic heterocycles. The maximum atomic E-state index is 13.5. The number of nitrogens with zero attached hydrogens (tertiary/aromatic N) is 2. The lowest BCUT2D eigenvalue weighted by Gasteiger charge is -2.14. The zero-order valence-electron chi connectivity index (χ0n) is 20.0. The van der Waals surface area contributed by atoms with Crippen molar-refractivity contribution in [3.8, 4) is 21.7 Å². The van der Waals surface area contributed by atoms with Gasteiger partial charge in [0.15, 0.2) is 5.78 Å². The zero-order valence-corrected chi connectivity index (χ0v) is 21.7. The maximum Gasteiger partial charge on any atom is 0.416 e. The second kappa shape index (κ2) is 10.9. The van der Waals surface area contributed by atoms with Crippen LogP contribution in [-0.2, 0) is 18.8 Å². The molecule has 4 rings (SSSR count). The van der Waals surface area contributed by atoms with Crippen molar-refractivity contribution in [2.75, 3.05) is 0 Å². The van der Waals surface area contributed by atoms with E-state index in [1.807, 2.05) is 6.92 Å². The van der Waals surface area contributed by atoms with Crippen molar-refractivity contribution in [3.05, 3.63) is 91.3 Å². The van der Waals surface area contributed by atoms with Crippen molar-refractivity contribution in [1.29, 1.82) is 0 Å². The monoisotopic (exact) mass is 584 g/mol. The molecule has 0 fully saturated rings. The highest BCUT2D eigenvalue weighted by atomic mass is 32.1. The molecule has 0 atom stereocenters. The van der Waals surface area contributed by atoms with E-state index in [1.54, 1.807) is 24.3 Å². The number of benzene rings is 2. The van der Waals surface area contributed by atoms with Gasteiger partial charge in [-0.1, -0.05) is 41.2 Å². The fourth-order valence-electron chi connectivity index (χ4n) is 3.76. The summed E-state index contributed by atoms with van der Waals surface area (Å²) >= 11 is 1.72. The molecule has 0 aliphatic carbocycles. The van der Waals surface area contributed by atoms with Crippen LogP contribution in [0.4, 0.5) is 31.3 Å². The summed E-state index contributed by atoms with van der Waals surface area (Å²) in [5.74, 6) is -0.309. The molecule has 5 nitrogen and oxygen atoms in total. The first-order chi connectivity index (χ1) is 18.2. The van der Waals surface area contributed by atoms with Crippen molar-refractivity contribution in [2.45, 2.75) is 38.5 Å². The second-order valence-electron chi connectivity index (χ2n) is 8.62. The van der Waals surface area contributed by atoms with Crippen LogP contribution in [0, 0.1) is 17.0 Å². The average Bonchev–Trinajstić information content (AvgIpc) is 3.51. The summed E-state index contributed by atoms with van der Waals surface area (Å²) in [6.07, 6.45) is -9.45. The lowest BCUT2D eigenvalue weighted by molar-refractivity contribution is -0.380. The van der Waals surface area contributed by atoms with Crippen molar-refractivity contribution in [2.24, 2.45) is 0 Å². The Balaban J connectivity index is 1.68. The third-order valence-corrected chi connectivity index (χ3v) is 7.93. The summed E-state index contributed by atoms with van der Waals surface area (Å²) in [5, 5.41) is 11.1. The molecule has 39 heavy (non-hydrogen) atoms. The van der Waals surface area contributed by atoms with Crippen LogP contribution in [0.1, 0.15) is 44.2 Å². The van der Waals surface area contributed by atoms with Crippen LogP contribution in [0.15, 0.2) is 54.6 Å². The van der Waals surface area contributed by atoms with Gasteiger partial charge in [-0.15, -0.1) is 11.3 Å². The Hall–Kier alpha value is -3.58. The number of hydrogen-bond acceptors (Lipinski definition) is 6. The zero-order chi connectivity index (χ0) is 28.5. The van der Waals surface area contributed by atoms with E-state index in [2.05, 4.69) is 4.98 Å². The first kappa shape index (κ1) is 28.4. The number of carbonyl (C=O) groups excluding carboxylic acids is 1. The molecule has 13 heteroatoms. The molecule has 2 aromatic carbocycles. The number of aryl methyl sites for hydroxylation is 2. The molecule has 0 saturated heterocycles. The SMILES string of the molecule is Cc1ccc(-c2nc(CCCC(=O)c3ccc([N+](=O)[O-])s3)sc2-c2cc(C(F)(F)F)cc(C(F)(F)F)c2)cc1. The number of nitro groups is 1. The number of Topliss-reactive ketones (excluding diaryl/α,β-unsaturated/α-hetero) is 1. The van der Waals surface area contributed by atoms with E-state index >= 15 is 0 Å². The first-order valence-electron chi connectivity index (χ1n) is 11.4. The van der Waals surface area contributed by atoms with Gasteiger partial charge in [0.05, 0.1) is 36.5 Å². The Bertz CT molecular complexity index is 1490. The number of aromatic nitrogens is 1. The van der Waals surface area contributed by atoms with E-state index in [9.17, 15) is 41.3 Å². The van der Waals surface area contributed by atoms with Gasteiger partial charge in [-0.25, -0.2) is 4.98 Å². The fourth-order valence-corrected chi connectivity index (χ4v) is 5.66. The largest absolute Gasteiger partial charge is 0.416 e. The highest BCUT2D eigenvalue weighted by molar-refractivity contribution is 7.17. The molecule has 0 bridgehead atoms. The summed E-state index contributed by atoms with van der Waals surface area (Å²) in [5.41, 5.74) is -1.45. The Morgan fingerprint density at radius 1 is 0.897 bits per heavy atom. The predicted molar refractivity (Wildman–Crippen MR) is 136 cm³/mol. The number of carbonyl (C=O) groups is 1. The van der Waals surface area contributed by atoms with E-state index in [0.29, 0.717) is 22.7 Å². The van der Waals surface area contributed by atoms with Crippen LogP contribution in [-0.4, -0.2) is 15.7 Å². The van der Waals surface area contributed by atoms with E-state index < -0.39 is 28.4 Å². The normalized spacial score (nSPS) is 12.1. The predicted octanol–water partition coefficient (Wildman–Crippen LogP) is 9.00. The summed E-state index contributed by atoms with van der Waals surface area (Å²) in [7, 11) is 0. The minimum Gasteiger partial charge on any atom is -0.293 e. The van der Waals surface area contributed by atoms with Crippen LogP contribution in [0.3, 0.4) is 0 Å². The van der Waals surface area contributed by atoms with Gasteiger partial charge in [-0.3, -0.25) is 14.9 Å². The van der Waals surface area contributed by atoms with Crippen LogP contribution in [0.5, 0.6) is 0 Å². The molecular formula is C26H18F6N2O3S2. The molecule has 2 heterocycles. The minimum atomic E-state index is -5.00. The van der Waals surface area contributed by atoms with Gasteiger partial charge >= 0.3 is 17.4 Å². The number of alkyl halides is 6. The Morgan fingerprint density at radius 2 is 1.51 bits per heavy atom. The molecular weight excluding hydrogens is 566 g/mol. The summed E-state index contributed by atoms with van der Waals surface area (Å²) in [6, 6.07) is 10.9. The van der Waals surface area contributed by atoms with E-state index in [4.69, 9.17) is 0 Å². The lowest BCUT2D eigenvalue weighted by atomic mass is 10.0. The molecule has 0 spiro atoms. The molecule has 204 valence electrons. The van der Waals surface area contributed by atoms with Crippen LogP contribution >= 0.6 is 22.7 Å². The van der Waals surface area contributed by atoms with Gasteiger partial charge in [0.1, 0.15) is 0 Å². The molecule has 0 aliphatic rings. The Kier molecular flexibility index (Phi) is 7.94. The third kappa shape index (κ3) is 6.71. The number of hydrogen-bond donors (Lipinski definition) is 0. The van der Waals surface area contributed by atoms with Crippen LogP contribution < -0.4 is 0 Å². The van der Waals surface area contributed by atoms with Crippen molar-refractivity contribution >= 4 is 33.5 Å². The minimum absolute atomic E-state index is 0.0359. The van der Waals surface area contributed by atoms with Crippen molar-refractivity contribution in [1.82, 2.24) is 4.98 Å². The second-order valence-corrected chi connectivity index (χ2v) is 10.8. The number of thiazole rings is 1. The van der Waals surface area contributed by atoms with E-state index in [0.717, 1.165) is 28.2 Å². The summed E-state index contributed by atoms with van der Waals surface area (Å²) in [4.78, 5) is 27.6. The first-order valence-corrected chi connectivity index (χ1v) is 13.0. The highest BCUT2D eigenvalue weighted by Crippen LogP contribution is 2.43. The molecule has 4 aromatic rings. The third-order valence-electron chi connectivity index (χ3n) is 5.69. The quantitative estimate of drug-likeness (QED) is 0.0897. The Morgan fingerprint density at radius 3 is 2.05 bits per heavy atom. The van der Waals surface area contributed by atoms with Crippen molar-refractivity contribution in [3.63, 3.8) is 0 Å². The van der Waals surface area contributed by atoms with E-state index in [1.165, 1.54) is 12.1 Å². The molecule has 0 N–H and O–H groups in total. The van der Waals surface area contributed by atoms with Gasteiger partial charge in [0.2, 0.25) is 0 Å². The van der Waals surface area contributed by atoms with Gasteiger partial charge in [0, 0.05) is 18.1 Å². The average molecular weight is 585 g/mol. The fraction of sp³-hybridized carbons (Fsp3) is 0.231. The van der Waals surface area contributed by atoms with Gasteiger partial charge in [-0.05, 0) is 49.6 Å². The van der Waals surface area contributed by atoms with Crippen LogP contribution in [0.2, 0.25) is 0 Å². The highest BCUT2D eigenvalue weighted by Gasteiger charge is 2.37. The summed E-state index contributed by atoms with van der Waals surface area (Å²) < 4.78 is 81.0. The van der Waals surface area contributed by atoms with Gasteiger partial charge in [0.25, 0.3) is 0 Å². The topological polar surface area (TPSA) is 73.1 Å². The molecule has 0 amide bonds. The molecule has 0 unspecified atom stereocenters. The maximum absolute atomic E-state index is 13.5. The molecule has 0 saturated carbocycles. The lowest BCUT2D eigenvalue weighted by Crippen LogP contribution is -2.11. The number of thiophene rings is 1. The molecule has 0 aliphatic heterocycles. The van der Waals surface area contributed by atoms with Gasteiger partial charge < -0.3 is 0 Å². The summed E-state index contributed by atoms with van der Waals surface area (Å²) in [6.45, 7) is 1.83. The van der Waals surface area contributed by atoms with Crippen LogP contribution in [0.25, 0.3) is 21.7 Å². The number of ketones is 1. The number of halogens is 6. The van der Waals surface area contributed by atoms with Crippen molar-refractivity contribution < 1.29 is 36.1 Å². The smallest absolute Gasteiger partial charge is 0.293 e. The standard InChI is InChI=1S/C26H18F6N2O3S2/c1-14-5-7-15(8-6-14)23-24(16-11-17(25(27,28)29)13-18(12-16)26(30,31)32)39-21(33-23)4-2-3-19(35)20-9-10-22(38-20)34(36)37/h5-13H,2-4H2,1H3. The van der Waals surface area contributed by atoms with E-state index in [-0.39, 0.29) is 57.1 Å². The number of rotatable bonds is 8. The van der Waals surface area contributed by atoms with Gasteiger partial charge in [-0.2, -0.15) is 26.3 Å².